The number of carbonyl (C=O) groups excluding carboxylic acids is 1. The van der Waals surface area contributed by atoms with Gasteiger partial charge in [-0.15, -0.1) is 0 Å². The standard InChI is InChI=1S/C14H24N4O3/c1-10-13(11(2)21-16-10)8-18-4-5-20-12(7-18)6-17(3)9-14(15)19/h12H,4-9H2,1-3H3,(H2,15,19)/t12-/m0/s1. The van der Waals surface area contributed by atoms with Gasteiger partial charge in [0, 0.05) is 31.7 Å². The number of primary amides is 1. The number of carbonyl (C=O) groups is 1. The summed E-state index contributed by atoms with van der Waals surface area (Å²) in [5.41, 5.74) is 7.30. The van der Waals surface area contributed by atoms with E-state index < -0.39 is 0 Å². The molecule has 0 saturated carbocycles. The lowest BCUT2D eigenvalue weighted by atomic mass is 10.1. The zero-order valence-corrected chi connectivity index (χ0v) is 13.0. The van der Waals surface area contributed by atoms with Crippen molar-refractivity contribution in [1.29, 1.82) is 0 Å². The first-order valence-electron chi connectivity index (χ1n) is 7.18. The average Bonchev–Trinajstić information content (AvgIpc) is 2.70. The van der Waals surface area contributed by atoms with Gasteiger partial charge in [-0.3, -0.25) is 14.6 Å². The number of nitrogens with zero attached hydrogens (tertiary/aromatic N) is 3. The second-order valence-electron chi connectivity index (χ2n) is 5.69. The van der Waals surface area contributed by atoms with E-state index in [4.69, 9.17) is 15.0 Å². The molecule has 0 aliphatic carbocycles. The maximum absolute atomic E-state index is 10.9. The summed E-state index contributed by atoms with van der Waals surface area (Å²) in [6.07, 6.45) is 0.0866. The molecule has 0 bridgehead atoms. The normalized spacial score (nSPS) is 20.1. The van der Waals surface area contributed by atoms with Crippen LogP contribution in [0, 0.1) is 13.8 Å². The first-order chi connectivity index (χ1) is 9.95. The van der Waals surface area contributed by atoms with Crippen molar-refractivity contribution in [3.8, 4) is 0 Å². The Morgan fingerprint density at radius 2 is 2.29 bits per heavy atom. The van der Waals surface area contributed by atoms with Crippen molar-refractivity contribution in [1.82, 2.24) is 15.0 Å². The maximum atomic E-state index is 10.9. The summed E-state index contributed by atoms with van der Waals surface area (Å²) < 4.78 is 11.0. The predicted octanol–water partition coefficient (Wildman–Crippen LogP) is -0.0907. The van der Waals surface area contributed by atoms with E-state index in [1.807, 2.05) is 25.8 Å². The van der Waals surface area contributed by atoms with Gasteiger partial charge in [-0.25, -0.2) is 0 Å². The highest BCUT2D eigenvalue weighted by Crippen LogP contribution is 2.17. The Balaban J connectivity index is 1.87. The second kappa shape index (κ2) is 7.02. The first-order valence-corrected chi connectivity index (χ1v) is 7.18. The van der Waals surface area contributed by atoms with Gasteiger partial charge in [-0.05, 0) is 20.9 Å². The topological polar surface area (TPSA) is 84.8 Å². The fraction of sp³-hybridized carbons (Fsp3) is 0.714. The Kier molecular flexibility index (Phi) is 5.33. The zero-order valence-electron chi connectivity index (χ0n) is 13.0. The zero-order chi connectivity index (χ0) is 15.4. The predicted molar refractivity (Wildman–Crippen MR) is 77.7 cm³/mol. The Morgan fingerprint density at radius 3 is 2.90 bits per heavy atom. The van der Waals surface area contributed by atoms with Gasteiger partial charge in [0.15, 0.2) is 0 Å². The molecule has 1 aliphatic heterocycles. The largest absolute Gasteiger partial charge is 0.374 e. The molecule has 2 rings (SSSR count). The first kappa shape index (κ1) is 15.9. The van der Waals surface area contributed by atoms with Crippen LogP contribution in [0.3, 0.4) is 0 Å². The summed E-state index contributed by atoms with van der Waals surface area (Å²) in [6.45, 7) is 8.08. The third-order valence-corrected chi connectivity index (χ3v) is 3.73. The smallest absolute Gasteiger partial charge is 0.231 e. The highest BCUT2D eigenvalue weighted by Gasteiger charge is 2.23. The summed E-state index contributed by atoms with van der Waals surface area (Å²) in [5, 5.41) is 3.99. The number of ether oxygens (including phenoxy) is 1. The molecular weight excluding hydrogens is 272 g/mol. The number of aromatic nitrogens is 1. The molecule has 1 saturated heterocycles. The van der Waals surface area contributed by atoms with Gasteiger partial charge in [-0.2, -0.15) is 0 Å². The molecule has 2 heterocycles. The summed E-state index contributed by atoms with van der Waals surface area (Å²) in [6, 6.07) is 0. The van der Waals surface area contributed by atoms with E-state index in [2.05, 4.69) is 10.1 Å². The van der Waals surface area contributed by atoms with Crippen molar-refractivity contribution < 1.29 is 14.1 Å². The minimum absolute atomic E-state index is 0.0866. The highest BCUT2D eigenvalue weighted by atomic mass is 16.5. The highest BCUT2D eigenvalue weighted by molar-refractivity contribution is 5.75. The lowest BCUT2D eigenvalue weighted by Gasteiger charge is -2.34. The molecule has 7 heteroatoms. The van der Waals surface area contributed by atoms with Gasteiger partial charge in [-0.1, -0.05) is 5.16 Å². The van der Waals surface area contributed by atoms with Gasteiger partial charge < -0.3 is 15.0 Å². The Labute approximate surface area is 125 Å². The van der Waals surface area contributed by atoms with Crippen molar-refractivity contribution >= 4 is 5.91 Å². The number of amides is 1. The number of rotatable bonds is 6. The van der Waals surface area contributed by atoms with Gasteiger partial charge in [0.1, 0.15) is 5.76 Å². The monoisotopic (exact) mass is 296 g/mol. The Bertz CT molecular complexity index is 469. The second-order valence-corrected chi connectivity index (χ2v) is 5.69. The van der Waals surface area contributed by atoms with Crippen LogP contribution in [-0.4, -0.2) is 66.8 Å². The molecule has 7 nitrogen and oxygen atoms in total. The van der Waals surface area contributed by atoms with Crippen molar-refractivity contribution in [2.75, 3.05) is 39.8 Å². The third-order valence-electron chi connectivity index (χ3n) is 3.73. The van der Waals surface area contributed by atoms with E-state index in [1.165, 1.54) is 0 Å². The number of likely N-dealkylation sites (N-methyl/N-ethyl adjacent to an activating group) is 1. The quantitative estimate of drug-likeness (QED) is 0.789. The SMILES string of the molecule is Cc1noc(C)c1CN1CCO[C@@H](CN(C)CC(N)=O)C1. The molecule has 1 atom stereocenters. The summed E-state index contributed by atoms with van der Waals surface area (Å²) in [5.74, 6) is 0.558. The van der Waals surface area contributed by atoms with Crippen LogP contribution in [0.5, 0.6) is 0 Å². The third kappa shape index (κ3) is 4.52. The van der Waals surface area contributed by atoms with Crippen LogP contribution >= 0.6 is 0 Å². The molecule has 2 N–H and O–H groups in total. The lowest BCUT2D eigenvalue weighted by molar-refractivity contribution is -0.119. The molecule has 21 heavy (non-hydrogen) atoms. The summed E-state index contributed by atoms with van der Waals surface area (Å²) in [7, 11) is 1.88. The van der Waals surface area contributed by atoms with E-state index in [1.54, 1.807) is 0 Å². The van der Waals surface area contributed by atoms with E-state index in [-0.39, 0.29) is 18.6 Å². The molecule has 1 aromatic heterocycles. The van der Waals surface area contributed by atoms with Crippen LogP contribution in [0.25, 0.3) is 0 Å². The fourth-order valence-electron chi connectivity index (χ4n) is 2.66. The van der Waals surface area contributed by atoms with Crippen LogP contribution in [0.4, 0.5) is 0 Å². The minimum atomic E-state index is -0.319. The molecule has 1 fully saturated rings. The van der Waals surface area contributed by atoms with Gasteiger partial charge >= 0.3 is 0 Å². The van der Waals surface area contributed by atoms with Gasteiger partial charge in [0.05, 0.1) is 24.9 Å². The molecule has 0 radical (unpaired) electrons. The van der Waals surface area contributed by atoms with Crippen molar-refractivity contribution in [3.05, 3.63) is 17.0 Å². The van der Waals surface area contributed by atoms with Crippen LogP contribution < -0.4 is 5.73 Å². The van der Waals surface area contributed by atoms with E-state index >= 15 is 0 Å². The average molecular weight is 296 g/mol. The number of nitrogens with two attached hydrogens (primary N) is 1. The van der Waals surface area contributed by atoms with Crippen molar-refractivity contribution in [2.24, 2.45) is 5.73 Å². The number of morpholine rings is 1. The van der Waals surface area contributed by atoms with E-state index in [0.717, 1.165) is 36.7 Å². The number of aryl methyl sites for hydroxylation is 2. The molecular formula is C14H24N4O3. The minimum Gasteiger partial charge on any atom is -0.374 e. The fourth-order valence-corrected chi connectivity index (χ4v) is 2.66. The van der Waals surface area contributed by atoms with Crippen LogP contribution in [-0.2, 0) is 16.1 Å². The van der Waals surface area contributed by atoms with Crippen LogP contribution in [0.15, 0.2) is 4.52 Å². The Morgan fingerprint density at radius 1 is 1.52 bits per heavy atom. The summed E-state index contributed by atoms with van der Waals surface area (Å²) >= 11 is 0. The van der Waals surface area contributed by atoms with E-state index in [0.29, 0.717) is 13.2 Å². The van der Waals surface area contributed by atoms with Gasteiger partial charge in [0.25, 0.3) is 0 Å². The summed E-state index contributed by atoms with van der Waals surface area (Å²) in [4.78, 5) is 15.1. The van der Waals surface area contributed by atoms with Gasteiger partial charge in [0.2, 0.25) is 5.91 Å². The molecule has 1 aromatic rings. The Hall–Kier alpha value is -1.44. The molecule has 0 aromatic carbocycles. The van der Waals surface area contributed by atoms with Crippen molar-refractivity contribution in [3.63, 3.8) is 0 Å². The molecule has 0 spiro atoms. The van der Waals surface area contributed by atoms with E-state index in [9.17, 15) is 4.79 Å². The van der Waals surface area contributed by atoms with Crippen LogP contribution in [0.2, 0.25) is 0 Å². The lowest BCUT2D eigenvalue weighted by Crippen LogP contribution is -2.47. The molecule has 1 amide bonds. The number of hydrogen-bond donors (Lipinski definition) is 1. The van der Waals surface area contributed by atoms with Crippen LogP contribution in [0.1, 0.15) is 17.0 Å². The molecule has 0 unspecified atom stereocenters. The molecule has 118 valence electrons. The maximum Gasteiger partial charge on any atom is 0.231 e. The number of hydrogen-bond acceptors (Lipinski definition) is 6. The molecule has 1 aliphatic rings. The van der Waals surface area contributed by atoms with Crippen molar-refractivity contribution in [2.45, 2.75) is 26.5 Å².